The Morgan fingerprint density at radius 2 is 2.14 bits per heavy atom. The maximum atomic E-state index is 12.4. The summed E-state index contributed by atoms with van der Waals surface area (Å²) in [4.78, 5) is 14.8. The highest BCUT2D eigenvalue weighted by atomic mass is 35.5. The molecule has 2 saturated carbocycles. The number of carbonyl (C=O) groups excluding carboxylic acids is 1. The minimum atomic E-state index is -0.0000309. The number of hydrogen-bond acceptors (Lipinski definition) is 3. The molecular weight excluding hydrogens is 300 g/mol. The number of halogens is 1. The van der Waals surface area contributed by atoms with Gasteiger partial charge in [0, 0.05) is 17.1 Å². The first-order valence-corrected chi connectivity index (χ1v) is 8.35. The van der Waals surface area contributed by atoms with Gasteiger partial charge in [0.25, 0.3) is 0 Å². The fraction of sp³-hybridized carbons (Fsp3) is 0.588. The largest absolute Gasteiger partial charge is 0.495 e. The van der Waals surface area contributed by atoms with Crippen LogP contribution in [-0.4, -0.2) is 36.5 Å². The molecule has 0 heterocycles. The molecule has 1 atom stereocenters. The monoisotopic (exact) mass is 322 g/mol. The van der Waals surface area contributed by atoms with Crippen molar-refractivity contribution in [3.63, 3.8) is 0 Å². The lowest BCUT2D eigenvalue weighted by molar-refractivity contribution is -0.118. The number of benzene rings is 1. The average molecular weight is 323 g/mol. The Bertz CT molecular complexity index is 556. The second-order valence-corrected chi connectivity index (χ2v) is 6.81. The first kappa shape index (κ1) is 15.6. The molecule has 0 bridgehead atoms. The Morgan fingerprint density at radius 3 is 2.73 bits per heavy atom. The van der Waals surface area contributed by atoms with Gasteiger partial charge in [0.1, 0.15) is 5.75 Å². The minimum Gasteiger partial charge on any atom is -0.495 e. The Balaban J connectivity index is 1.64. The van der Waals surface area contributed by atoms with Crippen LogP contribution in [0.1, 0.15) is 32.6 Å². The fourth-order valence-electron chi connectivity index (χ4n) is 2.99. The third kappa shape index (κ3) is 3.73. The van der Waals surface area contributed by atoms with E-state index in [4.69, 9.17) is 16.3 Å². The third-order valence-electron chi connectivity index (χ3n) is 4.61. The minimum absolute atomic E-state index is 0.0000309. The molecule has 120 valence electrons. The maximum absolute atomic E-state index is 12.4. The van der Waals surface area contributed by atoms with Crippen LogP contribution in [0.5, 0.6) is 5.75 Å². The van der Waals surface area contributed by atoms with Crippen LogP contribution in [0.4, 0.5) is 5.69 Å². The number of carbonyl (C=O) groups is 1. The van der Waals surface area contributed by atoms with E-state index in [1.807, 2.05) is 0 Å². The van der Waals surface area contributed by atoms with Gasteiger partial charge in [-0.2, -0.15) is 0 Å². The second kappa shape index (κ2) is 6.47. The lowest BCUT2D eigenvalue weighted by Gasteiger charge is -2.28. The molecule has 1 amide bonds. The summed E-state index contributed by atoms with van der Waals surface area (Å²) >= 11 is 6.01. The van der Waals surface area contributed by atoms with Crippen LogP contribution < -0.4 is 10.1 Å². The van der Waals surface area contributed by atoms with Crippen molar-refractivity contribution in [1.29, 1.82) is 0 Å². The SMILES string of the molecule is COc1ccc(Cl)cc1NC(=O)CN(C1CC1)C(C)C1CC1. The summed E-state index contributed by atoms with van der Waals surface area (Å²) in [6, 6.07) is 6.33. The van der Waals surface area contributed by atoms with Crippen LogP contribution >= 0.6 is 11.6 Å². The molecule has 0 aromatic heterocycles. The van der Waals surface area contributed by atoms with Crippen molar-refractivity contribution in [3.05, 3.63) is 23.2 Å². The molecule has 4 nitrogen and oxygen atoms in total. The van der Waals surface area contributed by atoms with Gasteiger partial charge in [0.2, 0.25) is 5.91 Å². The molecule has 0 saturated heterocycles. The van der Waals surface area contributed by atoms with Gasteiger partial charge in [0.15, 0.2) is 0 Å². The summed E-state index contributed by atoms with van der Waals surface area (Å²) in [6.07, 6.45) is 5.03. The predicted octanol–water partition coefficient (Wildman–Crippen LogP) is 3.55. The Kier molecular flexibility index (Phi) is 4.59. The van der Waals surface area contributed by atoms with Crippen molar-refractivity contribution in [3.8, 4) is 5.75 Å². The lowest BCUT2D eigenvalue weighted by Crippen LogP contribution is -2.42. The standard InChI is InChI=1S/C17H23ClN2O2/c1-11(12-3-4-12)20(14-6-7-14)10-17(21)19-15-9-13(18)5-8-16(15)22-2/h5,8-9,11-12,14H,3-4,6-7,10H2,1-2H3,(H,19,21). The van der Waals surface area contributed by atoms with E-state index in [0.717, 1.165) is 5.92 Å². The zero-order valence-electron chi connectivity index (χ0n) is 13.1. The zero-order valence-corrected chi connectivity index (χ0v) is 13.9. The summed E-state index contributed by atoms with van der Waals surface area (Å²) in [5, 5.41) is 3.52. The van der Waals surface area contributed by atoms with Crippen LogP contribution in [0.15, 0.2) is 18.2 Å². The molecule has 0 aliphatic heterocycles. The Hall–Kier alpha value is -1.26. The molecule has 2 aliphatic rings. The first-order valence-electron chi connectivity index (χ1n) is 7.97. The van der Waals surface area contributed by atoms with Crippen molar-refractivity contribution in [2.45, 2.75) is 44.7 Å². The molecule has 2 aliphatic carbocycles. The summed E-state index contributed by atoms with van der Waals surface area (Å²) in [6.45, 7) is 2.70. The highest BCUT2D eigenvalue weighted by Crippen LogP contribution is 2.39. The summed E-state index contributed by atoms with van der Waals surface area (Å²) in [7, 11) is 1.59. The van der Waals surface area contributed by atoms with Crippen molar-refractivity contribution in [1.82, 2.24) is 4.90 Å². The van der Waals surface area contributed by atoms with E-state index in [-0.39, 0.29) is 5.91 Å². The van der Waals surface area contributed by atoms with E-state index in [1.165, 1.54) is 25.7 Å². The number of rotatable bonds is 7. The molecule has 0 spiro atoms. The fourth-order valence-corrected chi connectivity index (χ4v) is 3.17. The van der Waals surface area contributed by atoms with Gasteiger partial charge in [-0.05, 0) is 56.7 Å². The normalized spacial score (nSPS) is 19.1. The predicted molar refractivity (Wildman–Crippen MR) is 88.5 cm³/mol. The molecule has 2 fully saturated rings. The number of amides is 1. The van der Waals surface area contributed by atoms with Gasteiger partial charge in [-0.15, -0.1) is 0 Å². The van der Waals surface area contributed by atoms with E-state index in [9.17, 15) is 4.79 Å². The average Bonchev–Trinajstić information content (AvgIpc) is 3.37. The molecular formula is C17H23ClN2O2. The van der Waals surface area contributed by atoms with E-state index in [2.05, 4.69) is 17.1 Å². The number of nitrogens with one attached hydrogen (secondary N) is 1. The molecule has 22 heavy (non-hydrogen) atoms. The highest BCUT2D eigenvalue weighted by Gasteiger charge is 2.39. The van der Waals surface area contributed by atoms with Gasteiger partial charge >= 0.3 is 0 Å². The molecule has 1 aromatic carbocycles. The van der Waals surface area contributed by atoms with Gasteiger partial charge in [0.05, 0.1) is 19.3 Å². The van der Waals surface area contributed by atoms with E-state index >= 15 is 0 Å². The number of ether oxygens (including phenoxy) is 1. The van der Waals surface area contributed by atoms with Crippen molar-refractivity contribution in [2.75, 3.05) is 19.0 Å². The molecule has 5 heteroatoms. The lowest BCUT2D eigenvalue weighted by atomic mass is 10.1. The molecule has 0 radical (unpaired) electrons. The number of methoxy groups -OCH3 is 1. The van der Waals surface area contributed by atoms with Crippen LogP contribution in [0.2, 0.25) is 5.02 Å². The number of anilines is 1. The highest BCUT2D eigenvalue weighted by molar-refractivity contribution is 6.31. The topological polar surface area (TPSA) is 41.6 Å². The number of hydrogen-bond donors (Lipinski definition) is 1. The Morgan fingerprint density at radius 1 is 1.41 bits per heavy atom. The van der Waals surface area contributed by atoms with Crippen LogP contribution in [0.3, 0.4) is 0 Å². The van der Waals surface area contributed by atoms with E-state index in [1.54, 1.807) is 25.3 Å². The molecule has 1 aromatic rings. The van der Waals surface area contributed by atoms with Crippen LogP contribution in [-0.2, 0) is 4.79 Å². The van der Waals surface area contributed by atoms with E-state index < -0.39 is 0 Å². The third-order valence-corrected chi connectivity index (χ3v) is 4.84. The smallest absolute Gasteiger partial charge is 0.238 e. The number of nitrogens with zero attached hydrogens (tertiary/aromatic N) is 1. The van der Waals surface area contributed by atoms with Gasteiger partial charge < -0.3 is 10.1 Å². The van der Waals surface area contributed by atoms with E-state index in [0.29, 0.717) is 35.1 Å². The van der Waals surface area contributed by atoms with Gasteiger partial charge in [-0.1, -0.05) is 11.6 Å². The molecule has 1 N–H and O–H groups in total. The quantitative estimate of drug-likeness (QED) is 0.834. The second-order valence-electron chi connectivity index (χ2n) is 6.37. The van der Waals surface area contributed by atoms with Crippen molar-refractivity contribution >= 4 is 23.2 Å². The maximum Gasteiger partial charge on any atom is 0.238 e. The summed E-state index contributed by atoms with van der Waals surface area (Å²) in [5.41, 5.74) is 0.634. The van der Waals surface area contributed by atoms with Crippen molar-refractivity contribution < 1.29 is 9.53 Å². The van der Waals surface area contributed by atoms with Crippen LogP contribution in [0.25, 0.3) is 0 Å². The first-order chi connectivity index (χ1) is 10.6. The summed E-state index contributed by atoms with van der Waals surface area (Å²) in [5.74, 6) is 1.40. The van der Waals surface area contributed by atoms with Crippen LogP contribution in [0, 0.1) is 5.92 Å². The molecule has 3 rings (SSSR count). The summed E-state index contributed by atoms with van der Waals surface area (Å²) < 4.78 is 5.27. The zero-order chi connectivity index (χ0) is 15.7. The Labute approximate surface area is 136 Å². The molecule has 1 unspecified atom stereocenters. The van der Waals surface area contributed by atoms with Gasteiger partial charge in [-0.3, -0.25) is 9.69 Å². The van der Waals surface area contributed by atoms with Gasteiger partial charge in [-0.25, -0.2) is 0 Å². The van der Waals surface area contributed by atoms with Crippen molar-refractivity contribution in [2.24, 2.45) is 5.92 Å².